The minimum absolute atomic E-state index is 0.111. The summed E-state index contributed by atoms with van der Waals surface area (Å²) in [6.07, 6.45) is 0.928. The lowest BCUT2D eigenvalue weighted by atomic mass is 10.5. The van der Waals surface area contributed by atoms with Gasteiger partial charge >= 0.3 is 0 Å². The van der Waals surface area contributed by atoms with E-state index in [2.05, 4.69) is 0 Å². The minimum atomic E-state index is 0.111. The first-order valence-corrected chi connectivity index (χ1v) is 3.13. The molecule has 2 nitrogen and oxygen atoms in total. The van der Waals surface area contributed by atoms with E-state index in [1.165, 1.54) is 0 Å². The molecule has 0 amide bonds. The van der Waals surface area contributed by atoms with Crippen LogP contribution in [0.5, 0.6) is 0 Å². The number of ether oxygens (including phenoxy) is 1. The van der Waals surface area contributed by atoms with E-state index in [1.54, 1.807) is 11.8 Å². The van der Waals surface area contributed by atoms with Crippen LogP contribution in [0.15, 0.2) is 0 Å². The van der Waals surface area contributed by atoms with Gasteiger partial charge in [-0.3, -0.25) is 0 Å². The largest absolute Gasteiger partial charge is 0.369 e. The van der Waals surface area contributed by atoms with Crippen molar-refractivity contribution in [3.63, 3.8) is 0 Å². The molecule has 40 valence electrons. The molecule has 1 unspecified atom stereocenters. The maximum absolute atomic E-state index is 9.91. The Morgan fingerprint density at radius 2 is 2.71 bits per heavy atom. The monoisotopic (exact) mass is 118 g/mol. The normalized spacial score (nSPS) is 30.6. The van der Waals surface area contributed by atoms with E-state index in [4.69, 9.17) is 4.74 Å². The highest BCUT2D eigenvalue weighted by atomic mass is 32.2. The van der Waals surface area contributed by atoms with Crippen molar-refractivity contribution in [2.75, 3.05) is 12.5 Å². The highest BCUT2D eigenvalue weighted by Gasteiger charge is 2.13. The first kappa shape index (κ1) is 5.12. The highest BCUT2D eigenvalue weighted by molar-refractivity contribution is 8.00. The number of aldehydes is 1. The Bertz CT molecular complexity index is 68.1. The third kappa shape index (κ3) is 1.17. The maximum Gasteiger partial charge on any atom is 0.135 e. The van der Waals surface area contributed by atoms with Crippen LogP contribution in [0.1, 0.15) is 0 Å². The van der Waals surface area contributed by atoms with Crippen molar-refractivity contribution < 1.29 is 9.53 Å². The minimum Gasteiger partial charge on any atom is -0.369 e. The molecule has 1 fully saturated rings. The molecule has 0 aliphatic carbocycles. The van der Waals surface area contributed by atoms with Crippen molar-refractivity contribution in [1.29, 1.82) is 0 Å². The second-order valence-corrected chi connectivity index (χ2v) is 2.50. The van der Waals surface area contributed by atoms with Gasteiger partial charge in [0.2, 0.25) is 0 Å². The van der Waals surface area contributed by atoms with Gasteiger partial charge in [0, 0.05) is 0 Å². The number of hydrogen-bond donors (Lipinski definition) is 0. The molecule has 1 heterocycles. The zero-order valence-corrected chi connectivity index (χ0v) is 4.61. The summed E-state index contributed by atoms with van der Waals surface area (Å²) in [5.41, 5.74) is 0. The summed E-state index contributed by atoms with van der Waals surface area (Å²) >= 11 is 1.55. The van der Waals surface area contributed by atoms with E-state index in [-0.39, 0.29) is 5.25 Å². The Kier molecular flexibility index (Phi) is 1.70. The zero-order valence-electron chi connectivity index (χ0n) is 3.79. The predicted molar refractivity (Wildman–Crippen MR) is 28.3 cm³/mol. The summed E-state index contributed by atoms with van der Waals surface area (Å²) in [6, 6.07) is 0. The molecular formula is C4H6O2S. The Balaban J connectivity index is 2.26. The Labute approximate surface area is 46.2 Å². The molecule has 1 aliphatic heterocycles. The van der Waals surface area contributed by atoms with Gasteiger partial charge in [-0.25, -0.2) is 0 Å². The van der Waals surface area contributed by atoms with Crippen LogP contribution in [0, 0.1) is 0 Å². The average molecular weight is 118 g/mol. The van der Waals surface area contributed by atoms with Crippen molar-refractivity contribution in [1.82, 2.24) is 0 Å². The first-order valence-electron chi connectivity index (χ1n) is 2.08. The smallest absolute Gasteiger partial charge is 0.135 e. The molecule has 0 aromatic carbocycles. The van der Waals surface area contributed by atoms with E-state index in [1.807, 2.05) is 0 Å². The van der Waals surface area contributed by atoms with E-state index >= 15 is 0 Å². The summed E-state index contributed by atoms with van der Waals surface area (Å²) < 4.78 is 4.88. The third-order valence-corrected chi connectivity index (χ3v) is 1.78. The van der Waals surface area contributed by atoms with Crippen LogP contribution in [-0.4, -0.2) is 24.1 Å². The summed E-state index contributed by atoms with van der Waals surface area (Å²) in [7, 11) is 0. The standard InChI is InChI=1S/C4H6O2S/c5-1-4-2-6-3-7-4/h1,4H,2-3H2. The first-order chi connectivity index (χ1) is 3.43. The van der Waals surface area contributed by atoms with Gasteiger partial charge < -0.3 is 9.53 Å². The van der Waals surface area contributed by atoms with Crippen molar-refractivity contribution >= 4 is 18.0 Å². The predicted octanol–water partition coefficient (Wildman–Crippen LogP) is 0.275. The van der Waals surface area contributed by atoms with Crippen LogP contribution in [0.3, 0.4) is 0 Å². The van der Waals surface area contributed by atoms with Crippen LogP contribution in [0.25, 0.3) is 0 Å². The molecule has 0 spiro atoms. The van der Waals surface area contributed by atoms with Crippen molar-refractivity contribution in [3.8, 4) is 0 Å². The number of carbonyl (C=O) groups excluding carboxylic acids is 1. The second kappa shape index (κ2) is 2.33. The van der Waals surface area contributed by atoms with Crippen LogP contribution < -0.4 is 0 Å². The molecule has 3 heteroatoms. The molecule has 1 aliphatic rings. The quantitative estimate of drug-likeness (QED) is 0.462. The highest BCUT2D eigenvalue weighted by Crippen LogP contribution is 2.16. The SMILES string of the molecule is O=CC1COCS1. The van der Waals surface area contributed by atoms with Gasteiger partial charge in [0.15, 0.2) is 0 Å². The van der Waals surface area contributed by atoms with Crippen LogP contribution in [0.4, 0.5) is 0 Å². The van der Waals surface area contributed by atoms with Gasteiger partial charge in [-0.2, -0.15) is 0 Å². The summed E-state index contributed by atoms with van der Waals surface area (Å²) in [5.74, 6) is 0.684. The third-order valence-electron chi connectivity index (χ3n) is 0.799. The molecule has 1 rings (SSSR count). The van der Waals surface area contributed by atoms with Crippen molar-refractivity contribution in [2.45, 2.75) is 5.25 Å². The van der Waals surface area contributed by atoms with Crippen molar-refractivity contribution in [3.05, 3.63) is 0 Å². The maximum atomic E-state index is 9.91. The van der Waals surface area contributed by atoms with Gasteiger partial charge in [0.25, 0.3) is 0 Å². The van der Waals surface area contributed by atoms with Gasteiger partial charge in [-0.15, -0.1) is 11.8 Å². The lowest BCUT2D eigenvalue weighted by Gasteiger charge is -1.87. The molecule has 0 radical (unpaired) electrons. The summed E-state index contributed by atoms with van der Waals surface area (Å²) in [6.45, 7) is 0.605. The topological polar surface area (TPSA) is 26.3 Å². The molecule has 1 atom stereocenters. The van der Waals surface area contributed by atoms with Gasteiger partial charge in [-0.05, 0) is 0 Å². The number of rotatable bonds is 1. The molecule has 1 saturated heterocycles. The van der Waals surface area contributed by atoms with Gasteiger partial charge in [-0.1, -0.05) is 0 Å². The molecule has 0 bridgehead atoms. The summed E-state index contributed by atoms with van der Waals surface area (Å²) in [4.78, 5) is 9.91. The van der Waals surface area contributed by atoms with Crippen LogP contribution in [-0.2, 0) is 9.53 Å². The Hall–Kier alpha value is -0.0200. The van der Waals surface area contributed by atoms with Crippen molar-refractivity contribution in [2.24, 2.45) is 0 Å². The number of hydrogen-bond acceptors (Lipinski definition) is 3. The van der Waals surface area contributed by atoms with Crippen LogP contribution in [0.2, 0.25) is 0 Å². The van der Waals surface area contributed by atoms with Gasteiger partial charge in [0.1, 0.15) is 6.29 Å². The Morgan fingerprint density at radius 1 is 1.86 bits per heavy atom. The molecule has 7 heavy (non-hydrogen) atoms. The van der Waals surface area contributed by atoms with Crippen LogP contribution >= 0.6 is 11.8 Å². The van der Waals surface area contributed by atoms with E-state index in [0.29, 0.717) is 12.5 Å². The lowest BCUT2D eigenvalue weighted by molar-refractivity contribution is -0.107. The lowest BCUT2D eigenvalue weighted by Crippen LogP contribution is -2.02. The molecule has 0 aromatic rings. The van der Waals surface area contributed by atoms with E-state index < -0.39 is 0 Å². The van der Waals surface area contributed by atoms with Gasteiger partial charge in [0.05, 0.1) is 17.8 Å². The fourth-order valence-corrected chi connectivity index (χ4v) is 1.06. The fraction of sp³-hybridized carbons (Fsp3) is 0.750. The van der Waals surface area contributed by atoms with E-state index in [0.717, 1.165) is 6.29 Å². The Morgan fingerprint density at radius 3 is 3.00 bits per heavy atom. The molecule has 0 saturated carbocycles. The fourth-order valence-electron chi connectivity index (χ4n) is 0.426. The molecular weight excluding hydrogens is 112 g/mol. The van der Waals surface area contributed by atoms with E-state index in [9.17, 15) is 4.79 Å². The zero-order chi connectivity index (χ0) is 5.11. The number of carbonyl (C=O) groups is 1. The molecule has 0 N–H and O–H groups in total. The molecule has 0 aromatic heterocycles. The average Bonchev–Trinajstić information content (AvgIpc) is 2.14. The number of thioether (sulfide) groups is 1. The second-order valence-electron chi connectivity index (χ2n) is 1.33. The summed E-state index contributed by atoms with van der Waals surface area (Å²) in [5, 5.41) is 0.111.